The number of para-hydroxylation sites is 1. The molecule has 0 atom stereocenters. The Morgan fingerprint density at radius 2 is 1.47 bits per heavy atom. The van der Waals surface area contributed by atoms with Crippen molar-refractivity contribution < 1.29 is 9.18 Å². The Morgan fingerprint density at radius 1 is 0.941 bits per heavy atom. The Morgan fingerprint density at radius 3 is 2.00 bits per heavy atom. The Hall–Kier alpha value is -2.16. The zero-order valence-corrected chi connectivity index (χ0v) is 9.21. The number of hydrogen-bond acceptors (Lipinski definition) is 1. The fraction of sp³-hybridized carbons (Fsp3) is 0.0714. The predicted molar refractivity (Wildman–Crippen MR) is 65.6 cm³/mol. The van der Waals surface area contributed by atoms with Crippen molar-refractivity contribution in [3.05, 3.63) is 66.2 Å². The van der Waals surface area contributed by atoms with Crippen molar-refractivity contribution in [1.82, 2.24) is 0 Å². The number of halogens is 1. The molecule has 0 aliphatic rings. The molecule has 0 heterocycles. The Labute approximate surface area is 99.3 Å². The monoisotopic (exact) mass is 229 g/mol. The third-order valence-corrected chi connectivity index (χ3v) is 2.46. The minimum atomic E-state index is -1.44. The van der Waals surface area contributed by atoms with Crippen LogP contribution in [0, 0.1) is 0 Å². The van der Waals surface area contributed by atoms with Crippen molar-refractivity contribution in [3.8, 4) is 0 Å². The highest BCUT2D eigenvalue weighted by molar-refractivity contribution is 5.86. The van der Waals surface area contributed by atoms with E-state index in [0.717, 1.165) is 10.5 Å². The summed E-state index contributed by atoms with van der Waals surface area (Å²) in [6.45, 7) is 0.236. The third-order valence-electron chi connectivity index (χ3n) is 2.46. The van der Waals surface area contributed by atoms with E-state index in [1.807, 2.05) is 36.4 Å². The first kappa shape index (κ1) is 11.3. The lowest BCUT2D eigenvalue weighted by Gasteiger charge is -2.18. The van der Waals surface area contributed by atoms with Gasteiger partial charge in [0.15, 0.2) is 0 Å². The van der Waals surface area contributed by atoms with E-state index in [1.165, 1.54) is 0 Å². The predicted octanol–water partition coefficient (Wildman–Crippen LogP) is 3.78. The highest BCUT2D eigenvalue weighted by atomic mass is 19.1. The molecule has 0 aliphatic heterocycles. The molecule has 2 aromatic carbocycles. The molecule has 0 spiro atoms. The van der Waals surface area contributed by atoms with E-state index in [9.17, 15) is 9.18 Å². The number of anilines is 1. The first-order valence-corrected chi connectivity index (χ1v) is 5.33. The van der Waals surface area contributed by atoms with Crippen LogP contribution in [0.2, 0.25) is 0 Å². The minimum Gasteiger partial charge on any atom is -0.280 e. The van der Waals surface area contributed by atoms with Gasteiger partial charge in [-0.05, 0) is 17.7 Å². The average Bonchev–Trinajstić information content (AvgIpc) is 2.38. The maximum atomic E-state index is 13.0. The number of carbonyl (C=O) groups excluding carboxylic acids is 1. The fourth-order valence-electron chi connectivity index (χ4n) is 1.63. The van der Waals surface area contributed by atoms with E-state index in [1.54, 1.807) is 24.3 Å². The summed E-state index contributed by atoms with van der Waals surface area (Å²) in [4.78, 5) is 12.1. The van der Waals surface area contributed by atoms with Crippen LogP contribution in [0.4, 0.5) is 14.9 Å². The summed E-state index contributed by atoms with van der Waals surface area (Å²) in [6.07, 6.45) is -1.44. The lowest BCUT2D eigenvalue weighted by molar-refractivity contribution is 0.227. The molecule has 0 aromatic heterocycles. The SMILES string of the molecule is O=C(F)N(Cc1ccccc1)c1ccccc1. The van der Waals surface area contributed by atoms with Gasteiger partial charge in [0.25, 0.3) is 0 Å². The lowest BCUT2D eigenvalue weighted by Crippen LogP contribution is -2.25. The Bertz CT molecular complexity index is 484. The number of amides is 1. The molecule has 86 valence electrons. The molecule has 0 saturated heterocycles. The molecule has 0 aliphatic carbocycles. The Balaban J connectivity index is 2.23. The van der Waals surface area contributed by atoms with Gasteiger partial charge in [0.2, 0.25) is 0 Å². The first-order valence-electron chi connectivity index (χ1n) is 5.33. The second-order valence-electron chi connectivity index (χ2n) is 3.66. The molecule has 2 rings (SSSR count). The Kier molecular flexibility index (Phi) is 3.50. The van der Waals surface area contributed by atoms with Gasteiger partial charge in [0.05, 0.1) is 6.54 Å². The lowest BCUT2D eigenvalue weighted by atomic mass is 10.2. The summed E-state index contributed by atoms with van der Waals surface area (Å²) in [7, 11) is 0. The number of benzene rings is 2. The molecule has 0 unspecified atom stereocenters. The molecule has 0 radical (unpaired) electrons. The molecular formula is C14H12FNO. The highest BCUT2D eigenvalue weighted by Crippen LogP contribution is 2.17. The van der Waals surface area contributed by atoms with Gasteiger partial charge in [-0.15, -0.1) is 4.39 Å². The summed E-state index contributed by atoms with van der Waals surface area (Å²) < 4.78 is 13.0. The van der Waals surface area contributed by atoms with Crippen molar-refractivity contribution in [2.24, 2.45) is 0 Å². The first-order chi connectivity index (χ1) is 8.27. The zero-order chi connectivity index (χ0) is 12.1. The van der Waals surface area contributed by atoms with Crippen LogP contribution >= 0.6 is 0 Å². The fourth-order valence-corrected chi connectivity index (χ4v) is 1.63. The van der Waals surface area contributed by atoms with Crippen LogP contribution in [-0.2, 0) is 6.54 Å². The van der Waals surface area contributed by atoms with Crippen LogP contribution in [0.25, 0.3) is 0 Å². The summed E-state index contributed by atoms with van der Waals surface area (Å²) in [6, 6.07) is 18.1. The standard InChI is InChI=1S/C14H12FNO/c15-14(17)16(13-9-5-2-6-10-13)11-12-7-3-1-4-8-12/h1-10H,11H2. The van der Waals surface area contributed by atoms with Crippen LogP contribution in [0.5, 0.6) is 0 Å². The smallest absolute Gasteiger partial charge is 0.280 e. The quantitative estimate of drug-likeness (QED) is 0.579. The number of nitrogens with zero attached hydrogens (tertiary/aromatic N) is 1. The topological polar surface area (TPSA) is 20.3 Å². The molecule has 0 fully saturated rings. The van der Waals surface area contributed by atoms with Crippen LogP contribution in [0.1, 0.15) is 5.56 Å². The molecule has 1 amide bonds. The summed E-state index contributed by atoms with van der Waals surface area (Å²) in [5.41, 5.74) is 1.45. The molecule has 2 nitrogen and oxygen atoms in total. The van der Waals surface area contributed by atoms with Gasteiger partial charge < -0.3 is 0 Å². The average molecular weight is 229 g/mol. The van der Waals surface area contributed by atoms with E-state index in [-0.39, 0.29) is 6.54 Å². The van der Waals surface area contributed by atoms with Gasteiger partial charge in [-0.1, -0.05) is 48.5 Å². The van der Waals surface area contributed by atoms with Crippen LogP contribution in [0.15, 0.2) is 60.7 Å². The van der Waals surface area contributed by atoms with Gasteiger partial charge in [-0.25, -0.2) is 4.79 Å². The number of rotatable bonds is 3. The van der Waals surface area contributed by atoms with Crippen molar-refractivity contribution in [1.29, 1.82) is 0 Å². The summed E-state index contributed by atoms with van der Waals surface area (Å²) in [5, 5.41) is 0. The maximum Gasteiger partial charge on any atom is 0.404 e. The molecule has 0 N–H and O–H groups in total. The van der Waals surface area contributed by atoms with Crippen molar-refractivity contribution in [3.63, 3.8) is 0 Å². The van der Waals surface area contributed by atoms with Gasteiger partial charge >= 0.3 is 6.16 Å². The van der Waals surface area contributed by atoms with E-state index < -0.39 is 6.16 Å². The number of hydrogen-bond donors (Lipinski definition) is 0. The van der Waals surface area contributed by atoms with Gasteiger partial charge in [0, 0.05) is 5.69 Å². The van der Waals surface area contributed by atoms with E-state index in [2.05, 4.69) is 0 Å². The second kappa shape index (κ2) is 5.25. The van der Waals surface area contributed by atoms with E-state index in [0.29, 0.717) is 5.69 Å². The molecule has 0 bridgehead atoms. The summed E-state index contributed by atoms with van der Waals surface area (Å²) in [5.74, 6) is 0. The van der Waals surface area contributed by atoms with Gasteiger partial charge in [-0.2, -0.15) is 0 Å². The molecule has 17 heavy (non-hydrogen) atoms. The maximum absolute atomic E-state index is 13.0. The molecular weight excluding hydrogens is 217 g/mol. The van der Waals surface area contributed by atoms with Crippen molar-refractivity contribution in [2.45, 2.75) is 6.54 Å². The molecule has 0 saturated carbocycles. The van der Waals surface area contributed by atoms with Crippen molar-refractivity contribution in [2.75, 3.05) is 4.90 Å². The molecule has 2 aromatic rings. The second-order valence-corrected chi connectivity index (χ2v) is 3.66. The van der Waals surface area contributed by atoms with E-state index >= 15 is 0 Å². The molecule has 3 heteroatoms. The third kappa shape index (κ3) is 2.91. The zero-order valence-electron chi connectivity index (χ0n) is 9.21. The highest BCUT2D eigenvalue weighted by Gasteiger charge is 2.14. The van der Waals surface area contributed by atoms with Gasteiger partial charge in [-0.3, -0.25) is 4.90 Å². The summed E-state index contributed by atoms with van der Waals surface area (Å²) >= 11 is 0. The number of carbonyl (C=O) groups is 1. The van der Waals surface area contributed by atoms with E-state index in [4.69, 9.17) is 0 Å². The van der Waals surface area contributed by atoms with Crippen LogP contribution < -0.4 is 4.90 Å². The van der Waals surface area contributed by atoms with Crippen LogP contribution in [0.3, 0.4) is 0 Å². The van der Waals surface area contributed by atoms with Crippen LogP contribution in [-0.4, -0.2) is 6.16 Å². The largest absolute Gasteiger partial charge is 0.404 e. The van der Waals surface area contributed by atoms with Crippen molar-refractivity contribution >= 4 is 11.8 Å². The van der Waals surface area contributed by atoms with Gasteiger partial charge in [0.1, 0.15) is 0 Å². The minimum absolute atomic E-state index is 0.236. The normalized spacial score (nSPS) is 9.94.